The summed E-state index contributed by atoms with van der Waals surface area (Å²) in [5.74, 6) is -1.16. The fourth-order valence-electron chi connectivity index (χ4n) is 2.15. The van der Waals surface area contributed by atoms with Gasteiger partial charge in [-0.05, 0) is 11.6 Å². The second-order valence-electron chi connectivity index (χ2n) is 4.82. The minimum absolute atomic E-state index is 0.407. The summed E-state index contributed by atoms with van der Waals surface area (Å²) in [6.45, 7) is 0. The topological polar surface area (TPSA) is 65.9 Å². The first kappa shape index (κ1) is 15.2. The Bertz CT molecular complexity index is 794. The van der Waals surface area contributed by atoms with E-state index in [-0.39, 0.29) is 0 Å². The standard InChI is InChI=1S/C18H14N2O2S/c21-17(22)16(14-9-5-2-6-10-14)23-18-19-12-11-15(20-18)13-7-3-1-4-8-13/h1-12,16H,(H,21,22)/p-1/t16-/m1/s1. The molecule has 2 aromatic carbocycles. The highest BCUT2D eigenvalue weighted by Gasteiger charge is 2.16. The fraction of sp³-hybridized carbons (Fsp3) is 0.0556. The maximum Gasteiger partial charge on any atom is 0.189 e. The molecule has 5 heteroatoms. The van der Waals surface area contributed by atoms with E-state index in [1.54, 1.807) is 36.5 Å². The van der Waals surface area contributed by atoms with E-state index in [2.05, 4.69) is 9.97 Å². The van der Waals surface area contributed by atoms with Gasteiger partial charge in [0.25, 0.3) is 0 Å². The molecule has 114 valence electrons. The maximum atomic E-state index is 11.5. The van der Waals surface area contributed by atoms with Crippen molar-refractivity contribution in [3.8, 4) is 11.3 Å². The van der Waals surface area contributed by atoms with Crippen LogP contribution in [0.15, 0.2) is 78.1 Å². The molecule has 3 rings (SSSR count). The number of carboxylic acid groups (broad SMARTS) is 1. The Kier molecular flexibility index (Phi) is 4.68. The highest BCUT2D eigenvalue weighted by molar-refractivity contribution is 8.00. The number of hydrogen-bond donors (Lipinski definition) is 0. The molecule has 0 fully saturated rings. The Hall–Kier alpha value is -2.66. The molecule has 1 atom stereocenters. The van der Waals surface area contributed by atoms with E-state index in [9.17, 15) is 9.90 Å². The Morgan fingerprint density at radius 3 is 2.26 bits per heavy atom. The number of aliphatic carboxylic acids is 1. The van der Waals surface area contributed by atoms with E-state index < -0.39 is 11.2 Å². The summed E-state index contributed by atoms with van der Waals surface area (Å²) in [5, 5.41) is 11.0. The monoisotopic (exact) mass is 321 g/mol. The van der Waals surface area contributed by atoms with E-state index in [0.717, 1.165) is 23.0 Å². The van der Waals surface area contributed by atoms with Gasteiger partial charge >= 0.3 is 0 Å². The molecule has 4 nitrogen and oxygen atoms in total. The Balaban J connectivity index is 1.88. The predicted octanol–water partition coefficient (Wildman–Crippen LogP) is 2.73. The van der Waals surface area contributed by atoms with Crippen LogP contribution in [0.25, 0.3) is 11.3 Å². The number of aromatic nitrogens is 2. The van der Waals surface area contributed by atoms with Crippen molar-refractivity contribution in [3.05, 3.63) is 78.5 Å². The molecule has 0 aliphatic rings. The van der Waals surface area contributed by atoms with Crippen LogP contribution in [0.4, 0.5) is 0 Å². The summed E-state index contributed by atoms with van der Waals surface area (Å²) >= 11 is 1.07. The van der Waals surface area contributed by atoms with Crippen molar-refractivity contribution in [3.63, 3.8) is 0 Å². The van der Waals surface area contributed by atoms with E-state index in [4.69, 9.17) is 0 Å². The Labute approximate surface area is 138 Å². The number of rotatable bonds is 5. The highest BCUT2D eigenvalue weighted by Crippen LogP contribution is 2.33. The molecule has 1 heterocycles. The van der Waals surface area contributed by atoms with Crippen LogP contribution < -0.4 is 5.11 Å². The third-order valence-electron chi connectivity index (χ3n) is 3.24. The predicted molar refractivity (Wildman–Crippen MR) is 87.5 cm³/mol. The Morgan fingerprint density at radius 2 is 1.61 bits per heavy atom. The lowest BCUT2D eigenvalue weighted by atomic mass is 10.1. The van der Waals surface area contributed by atoms with E-state index >= 15 is 0 Å². The summed E-state index contributed by atoms with van der Waals surface area (Å²) in [5.41, 5.74) is 2.38. The van der Waals surface area contributed by atoms with Crippen molar-refractivity contribution in [1.29, 1.82) is 0 Å². The van der Waals surface area contributed by atoms with Crippen molar-refractivity contribution in [2.24, 2.45) is 0 Å². The third-order valence-corrected chi connectivity index (χ3v) is 4.35. The number of carbonyl (C=O) groups is 1. The summed E-state index contributed by atoms with van der Waals surface area (Å²) in [4.78, 5) is 20.1. The van der Waals surface area contributed by atoms with E-state index in [0.29, 0.717) is 10.7 Å². The van der Waals surface area contributed by atoms with Gasteiger partial charge in [-0.1, -0.05) is 72.4 Å². The first-order valence-electron chi connectivity index (χ1n) is 7.05. The lowest BCUT2D eigenvalue weighted by molar-refractivity contribution is -0.305. The van der Waals surface area contributed by atoms with Crippen molar-refractivity contribution >= 4 is 17.7 Å². The second kappa shape index (κ2) is 7.07. The van der Waals surface area contributed by atoms with Crippen molar-refractivity contribution < 1.29 is 9.90 Å². The van der Waals surface area contributed by atoms with Gasteiger partial charge in [-0.15, -0.1) is 0 Å². The number of carbonyl (C=O) groups excluding carboxylic acids is 1. The van der Waals surface area contributed by atoms with Crippen LogP contribution in [-0.4, -0.2) is 15.9 Å². The van der Waals surface area contributed by atoms with Crippen LogP contribution in [0.1, 0.15) is 10.8 Å². The van der Waals surface area contributed by atoms with Crippen LogP contribution in [0, 0.1) is 0 Å². The van der Waals surface area contributed by atoms with Crippen molar-refractivity contribution in [2.75, 3.05) is 0 Å². The molecule has 0 spiro atoms. The smallest absolute Gasteiger partial charge is 0.189 e. The summed E-state index contributed by atoms with van der Waals surface area (Å²) in [6, 6.07) is 20.4. The molecule has 3 aromatic rings. The number of nitrogens with zero attached hydrogens (tertiary/aromatic N) is 2. The van der Waals surface area contributed by atoms with Gasteiger partial charge in [0.1, 0.15) is 0 Å². The third kappa shape index (κ3) is 3.76. The molecule has 0 saturated carbocycles. The van der Waals surface area contributed by atoms with Crippen LogP contribution >= 0.6 is 11.8 Å². The first-order chi connectivity index (χ1) is 11.2. The lowest BCUT2D eigenvalue weighted by Crippen LogP contribution is -2.28. The van der Waals surface area contributed by atoms with Gasteiger partial charge in [-0.2, -0.15) is 0 Å². The minimum Gasteiger partial charge on any atom is -0.549 e. The minimum atomic E-state index is -1.16. The SMILES string of the molecule is O=C([O-])[C@H](Sc1nccc(-c2ccccc2)n1)c1ccccc1. The molecule has 0 amide bonds. The fourth-order valence-corrected chi connectivity index (χ4v) is 3.03. The molecule has 0 bridgehead atoms. The van der Waals surface area contributed by atoms with Gasteiger partial charge in [0, 0.05) is 11.8 Å². The van der Waals surface area contributed by atoms with Gasteiger partial charge < -0.3 is 9.90 Å². The number of benzene rings is 2. The summed E-state index contributed by atoms with van der Waals surface area (Å²) in [7, 11) is 0. The normalized spacial score (nSPS) is 11.8. The summed E-state index contributed by atoms with van der Waals surface area (Å²) < 4.78 is 0. The van der Waals surface area contributed by atoms with Gasteiger partial charge in [-0.25, -0.2) is 9.97 Å². The lowest BCUT2D eigenvalue weighted by Gasteiger charge is -2.17. The molecule has 23 heavy (non-hydrogen) atoms. The maximum absolute atomic E-state index is 11.5. The van der Waals surface area contributed by atoms with Gasteiger partial charge in [0.15, 0.2) is 5.16 Å². The molecule has 0 N–H and O–H groups in total. The van der Waals surface area contributed by atoms with Crippen LogP contribution in [0.3, 0.4) is 0 Å². The molecule has 1 aromatic heterocycles. The molecule has 0 radical (unpaired) electrons. The van der Waals surface area contributed by atoms with Crippen LogP contribution in [0.2, 0.25) is 0 Å². The van der Waals surface area contributed by atoms with E-state index in [1.165, 1.54) is 0 Å². The van der Waals surface area contributed by atoms with E-state index in [1.807, 2.05) is 36.4 Å². The number of hydrogen-bond acceptors (Lipinski definition) is 5. The van der Waals surface area contributed by atoms with Gasteiger partial charge in [0.05, 0.1) is 16.9 Å². The molecule has 0 saturated heterocycles. The number of carboxylic acids is 1. The highest BCUT2D eigenvalue weighted by atomic mass is 32.2. The van der Waals surface area contributed by atoms with Crippen molar-refractivity contribution in [2.45, 2.75) is 10.4 Å². The largest absolute Gasteiger partial charge is 0.549 e. The molecular weight excluding hydrogens is 308 g/mol. The summed E-state index contributed by atoms with van der Waals surface area (Å²) in [6.07, 6.45) is 1.63. The van der Waals surface area contributed by atoms with Crippen molar-refractivity contribution in [1.82, 2.24) is 9.97 Å². The first-order valence-corrected chi connectivity index (χ1v) is 7.93. The molecular formula is C18H13N2O2S-. The molecule has 0 unspecified atom stereocenters. The average molecular weight is 321 g/mol. The molecule has 0 aliphatic heterocycles. The Morgan fingerprint density at radius 1 is 0.957 bits per heavy atom. The van der Waals surface area contributed by atoms with Gasteiger partial charge in [0.2, 0.25) is 0 Å². The second-order valence-corrected chi connectivity index (χ2v) is 5.89. The number of thioether (sulfide) groups is 1. The van der Waals surface area contributed by atoms with Crippen LogP contribution in [-0.2, 0) is 4.79 Å². The zero-order valence-electron chi connectivity index (χ0n) is 12.1. The molecule has 0 aliphatic carbocycles. The van der Waals surface area contributed by atoms with Crippen LogP contribution in [0.5, 0.6) is 0 Å². The average Bonchev–Trinajstić information content (AvgIpc) is 2.61. The zero-order valence-corrected chi connectivity index (χ0v) is 12.9. The van der Waals surface area contributed by atoms with Gasteiger partial charge in [-0.3, -0.25) is 0 Å². The zero-order chi connectivity index (χ0) is 16.1. The quantitative estimate of drug-likeness (QED) is 0.534.